The summed E-state index contributed by atoms with van der Waals surface area (Å²) in [6.45, 7) is 3.14. The Labute approximate surface area is 121 Å². The number of nitrogens with zero attached hydrogens (tertiary/aromatic N) is 1. The standard InChI is InChI=1S/C14H24N2O2.ClH/c15-14(5-7-18-8-6-14)13(17)16(9-11-1-2-11)10-12-3-4-12;/h11-12H,1-10,15H2;1H. The Morgan fingerprint density at radius 3 is 2.00 bits per heavy atom. The van der Waals surface area contributed by atoms with Crippen LogP contribution in [0.25, 0.3) is 0 Å². The Hall–Kier alpha value is -0.320. The van der Waals surface area contributed by atoms with E-state index in [1.54, 1.807) is 0 Å². The first-order chi connectivity index (χ1) is 8.67. The van der Waals surface area contributed by atoms with E-state index in [4.69, 9.17) is 10.5 Å². The van der Waals surface area contributed by atoms with Crippen molar-refractivity contribution in [2.24, 2.45) is 17.6 Å². The number of ether oxygens (including phenoxy) is 1. The third-order valence-corrected chi connectivity index (χ3v) is 4.45. The average molecular weight is 289 g/mol. The fraction of sp³-hybridized carbons (Fsp3) is 0.929. The summed E-state index contributed by atoms with van der Waals surface area (Å²) in [5.41, 5.74) is 5.67. The van der Waals surface area contributed by atoms with Crippen LogP contribution >= 0.6 is 12.4 Å². The van der Waals surface area contributed by atoms with Gasteiger partial charge in [-0.25, -0.2) is 0 Å². The molecule has 0 radical (unpaired) electrons. The second kappa shape index (κ2) is 5.98. The molecule has 110 valence electrons. The quantitative estimate of drug-likeness (QED) is 0.835. The maximum absolute atomic E-state index is 12.7. The van der Waals surface area contributed by atoms with Gasteiger partial charge in [0, 0.05) is 26.3 Å². The molecule has 2 N–H and O–H groups in total. The van der Waals surface area contributed by atoms with Crippen molar-refractivity contribution in [2.45, 2.75) is 44.1 Å². The molecule has 3 aliphatic rings. The predicted octanol–water partition coefficient (Wildman–Crippen LogP) is 1.56. The van der Waals surface area contributed by atoms with Gasteiger partial charge in [0.25, 0.3) is 0 Å². The zero-order valence-corrected chi connectivity index (χ0v) is 12.3. The van der Waals surface area contributed by atoms with Crippen molar-refractivity contribution < 1.29 is 9.53 Å². The van der Waals surface area contributed by atoms with E-state index in [0.29, 0.717) is 26.1 Å². The van der Waals surface area contributed by atoms with Gasteiger partial charge in [-0.2, -0.15) is 0 Å². The Kier molecular flexibility index (Phi) is 4.75. The van der Waals surface area contributed by atoms with E-state index in [2.05, 4.69) is 4.90 Å². The van der Waals surface area contributed by atoms with Crippen LogP contribution in [0, 0.1) is 11.8 Å². The minimum atomic E-state index is -0.651. The van der Waals surface area contributed by atoms with E-state index in [-0.39, 0.29) is 18.3 Å². The number of hydrogen-bond donors (Lipinski definition) is 1. The zero-order valence-electron chi connectivity index (χ0n) is 11.5. The summed E-state index contributed by atoms with van der Waals surface area (Å²) in [6.07, 6.45) is 6.50. The van der Waals surface area contributed by atoms with Crippen LogP contribution in [0.3, 0.4) is 0 Å². The molecule has 0 bridgehead atoms. The Bertz CT molecular complexity index is 309. The SMILES string of the molecule is Cl.NC1(C(=O)N(CC2CC2)CC2CC2)CCOCC1. The molecule has 1 aliphatic heterocycles. The molecule has 2 aliphatic carbocycles. The van der Waals surface area contributed by atoms with Crippen molar-refractivity contribution in [1.29, 1.82) is 0 Å². The van der Waals surface area contributed by atoms with Crippen LogP contribution < -0.4 is 5.73 Å². The second-order valence-corrected chi connectivity index (χ2v) is 6.37. The van der Waals surface area contributed by atoms with Gasteiger partial charge in [-0.3, -0.25) is 4.79 Å². The van der Waals surface area contributed by atoms with Crippen molar-refractivity contribution in [3.63, 3.8) is 0 Å². The van der Waals surface area contributed by atoms with Gasteiger partial charge in [-0.1, -0.05) is 0 Å². The van der Waals surface area contributed by atoms with E-state index in [9.17, 15) is 4.79 Å². The van der Waals surface area contributed by atoms with E-state index < -0.39 is 5.54 Å². The van der Waals surface area contributed by atoms with Gasteiger partial charge in [0.1, 0.15) is 0 Å². The van der Waals surface area contributed by atoms with Crippen molar-refractivity contribution in [2.75, 3.05) is 26.3 Å². The van der Waals surface area contributed by atoms with Crippen LogP contribution in [0.2, 0.25) is 0 Å². The fourth-order valence-corrected chi connectivity index (χ4v) is 2.73. The summed E-state index contributed by atoms with van der Waals surface area (Å²) in [5.74, 6) is 1.68. The molecule has 0 aromatic carbocycles. The summed E-state index contributed by atoms with van der Waals surface area (Å²) in [7, 11) is 0. The molecule has 1 heterocycles. The van der Waals surface area contributed by atoms with Crippen LogP contribution in [0.1, 0.15) is 38.5 Å². The Morgan fingerprint density at radius 2 is 1.58 bits per heavy atom. The molecule has 19 heavy (non-hydrogen) atoms. The minimum absolute atomic E-state index is 0. The van der Waals surface area contributed by atoms with Crippen LogP contribution in [0.15, 0.2) is 0 Å². The second-order valence-electron chi connectivity index (χ2n) is 6.37. The highest BCUT2D eigenvalue weighted by Gasteiger charge is 2.41. The highest BCUT2D eigenvalue weighted by atomic mass is 35.5. The fourth-order valence-electron chi connectivity index (χ4n) is 2.73. The lowest BCUT2D eigenvalue weighted by molar-refractivity contribution is -0.141. The van der Waals surface area contributed by atoms with Gasteiger partial charge in [0.15, 0.2) is 0 Å². The first-order valence-electron chi connectivity index (χ1n) is 7.33. The first-order valence-corrected chi connectivity index (χ1v) is 7.33. The molecule has 4 nitrogen and oxygen atoms in total. The monoisotopic (exact) mass is 288 g/mol. The van der Waals surface area contributed by atoms with E-state index in [0.717, 1.165) is 24.9 Å². The van der Waals surface area contributed by atoms with Crippen LogP contribution in [-0.2, 0) is 9.53 Å². The number of halogens is 1. The molecule has 0 aromatic rings. The summed E-state index contributed by atoms with van der Waals surface area (Å²) in [5, 5.41) is 0. The van der Waals surface area contributed by atoms with Crippen LogP contribution in [0.4, 0.5) is 0 Å². The molecule has 0 spiro atoms. The molecule has 1 amide bonds. The Balaban J connectivity index is 0.00000133. The van der Waals surface area contributed by atoms with E-state index in [1.807, 2.05) is 0 Å². The van der Waals surface area contributed by atoms with Crippen molar-refractivity contribution >= 4 is 18.3 Å². The van der Waals surface area contributed by atoms with Gasteiger partial charge in [0.2, 0.25) is 5.91 Å². The van der Waals surface area contributed by atoms with Gasteiger partial charge < -0.3 is 15.4 Å². The third-order valence-electron chi connectivity index (χ3n) is 4.45. The molecule has 1 saturated heterocycles. The molecule has 3 fully saturated rings. The largest absolute Gasteiger partial charge is 0.381 e. The minimum Gasteiger partial charge on any atom is -0.381 e. The van der Waals surface area contributed by atoms with E-state index >= 15 is 0 Å². The van der Waals surface area contributed by atoms with Crippen LogP contribution in [0.5, 0.6) is 0 Å². The predicted molar refractivity (Wildman–Crippen MR) is 76.2 cm³/mol. The van der Waals surface area contributed by atoms with Gasteiger partial charge in [-0.05, 0) is 50.4 Å². The third kappa shape index (κ3) is 3.83. The molecule has 0 aromatic heterocycles. The molecule has 3 rings (SSSR count). The van der Waals surface area contributed by atoms with Gasteiger partial charge in [0.05, 0.1) is 5.54 Å². The lowest BCUT2D eigenvalue weighted by atomic mass is 9.89. The normalized spacial score (nSPS) is 25.5. The summed E-state index contributed by atoms with van der Waals surface area (Å²) >= 11 is 0. The molecule has 5 heteroatoms. The number of amides is 1. The summed E-state index contributed by atoms with van der Waals surface area (Å²) < 4.78 is 5.33. The number of nitrogens with two attached hydrogens (primary N) is 1. The number of carbonyl (C=O) groups is 1. The highest BCUT2D eigenvalue weighted by Crippen LogP contribution is 2.35. The van der Waals surface area contributed by atoms with Gasteiger partial charge in [-0.15, -0.1) is 12.4 Å². The number of rotatable bonds is 5. The lowest BCUT2D eigenvalue weighted by Gasteiger charge is -2.37. The molecule has 2 saturated carbocycles. The van der Waals surface area contributed by atoms with Crippen LogP contribution in [-0.4, -0.2) is 42.6 Å². The maximum atomic E-state index is 12.7. The topological polar surface area (TPSA) is 55.6 Å². The lowest BCUT2D eigenvalue weighted by Crippen LogP contribution is -2.58. The van der Waals surface area contributed by atoms with Crippen molar-refractivity contribution in [3.05, 3.63) is 0 Å². The summed E-state index contributed by atoms with van der Waals surface area (Å²) in [4.78, 5) is 14.8. The van der Waals surface area contributed by atoms with Crippen molar-refractivity contribution in [3.8, 4) is 0 Å². The summed E-state index contributed by atoms with van der Waals surface area (Å²) in [6, 6.07) is 0. The zero-order chi connectivity index (χ0) is 12.6. The first kappa shape index (κ1) is 15.1. The maximum Gasteiger partial charge on any atom is 0.242 e. The average Bonchev–Trinajstić information content (AvgIpc) is 3.23. The molecular formula is C14H25ClN2O2. The molecular weight excluding hydrogens is 264 g/mol. The molecule has 0 unspecified atom stereocenters. The number of hydrogen-bond acceptors (Lipinski definition) is 3. The van der Waals surface area contributed by atoms with Gasteiger partial charge >= 0.3 is 0 Å². The van der Waals surface area contributed by atoms with E-state index in [1.165, 1.54) is 25.7 Å². The number of carbonyl (C=O) groups excluding carboxylic acids is 1. The Morgan fingerprint density at radius 1 is 1.11 bits per heavy atom. The molecule has 0 atom stereocenters. The highest BCUT2D eigenvalue weighted by molar-refractivity contribution is 5.86. The smallest absolute Gasteiger partial charge is 0.242 e. The van der Waals surface area contributed by atoms with Crippen molar-refractivity contribution in [1.82, 2.24) is 4.90 Å².